The van der Waals surface area contributed by atoms with Crippen molar-refractivity contribution in [2.45, 2.75) is 24.3 Å². The van der Waals surface area contributed by atoms with Crippen molar-refractivity contribution in [2.24, 2.45) is 5.73 Å². The molecule has 104 valence electrons. The molecule has 0 aliphatic rings. The molecule has 0 heterocycles. The average Bonchev–Trinajstić information content (AvgIpc) is 2.27. The highest BCUT2D eigenvalue weighted by Gasteiger charge is 2.18. The Bertz CT molecular complexity index is 580. The lowest BCUT2D eigenvalue weighted by Gasteiger charge is -2.12. The van der Waals surface area contributed by atoms with Gasteiger partial charge in [0.05, 0.1) is 10.5 Å². The summed E-state index contributed by atoms with van der Waals surface area (Å²) in [6.07, 6.45) is -0.119. The molecule has 0 fully saturated rings. The van der Waals surface area contributed by atoms with Crippen LogP contribution >= 0.6 is 0 Å². The van der Waals surface area contributed by atoms with Crippen molar-refractivity contribution in [1.82, 2.24) is 4.72 Å². The first-order chi connectivity index (χ1) is 8.72. The van der Waals surface area contributed by atoms with Gasteiger partial charge >= 0.3 is 5.97 Å². The smallest absolute Gasteiger partial charge is 0.335 e. The number of hydrogen-bond donors (Lipinski definition) is 3. The molecule has 8 heteroatoms. The molecule has 1 amide bonds. The van der Waals surface area contributed by atoms with Gasteiger partial charge in [-0.25, -0.2) is 17.9 Å². The Morgan fingerprint density at radius 2 is 1.84 bits per heavy atom. The van der Waals surface area contributed by atoms with Gasteiger partial charge in [-0.05, 0) is 31.2 Å². The van der Waals surface area contributed by atoms with E-state index in [1.54, 1.807) is 0 Å². The van der Waals surface area contributed by atoms with E-state index in [1.807, 2.05) is 0 Å². The average molecular weight is 286 g/mol. The summed E-state index contributed by atoms with van der Waals surface area (Å²) in [5, 5.41) is 8.71. The minimum absolute atomic E-state index is 0.0101. The summed E-state index contributed by atoms with van der Waals surface area (Å²) in [7, 11) is -3.80. The summed E-state index contributed by atoms with van der Waals surface area (Å²) in [6.45, 7) is 1.51. The minimum Gasteiger partial charge on any atom is -0.478 e. The molecule has 7 nitrogen and oxygen atoms in total. The number of carbonyl (C=O) groups excluding carboxylic acids is 1. The van der Waals surface area contributed by atoms with Crippen molar-refractivity contribution < 1.29 is 23.1 Å². The summed E-state index contributed by atoms with van der Waals surface area (Å²) in [5.41, 5.74) is 4.95. The minimum atomic E-state index is -3.80. The number of rotatable bonds is 6. The molecular weight excluding hydrogens is 272 g/mol. The Kier molecular flexibility index (Phi) is 4.62. The monoisotopic (exact) mass is 286 g/mol. The highest BCUT2D eigenvalue weighted by atomic mass is 32.2. The molecule has 0 aromatic heterocycles. The van der Waals surface area contributed by atoms with Crippen LogP contribution in [0.3, 0.4) is 0 Å². The van der Waals surface area contributed by atoms with Gasteiger partial charge in [0.25, 0.3) is 0 Å². The molecule has 1 atom stereocenters. The van der Waals surface area contributed by atoms with Crippen LogP contribution in [-0.4, -0.2) is 31.4 Å². The largest absolute Gasteiger partial charge is 0.478 e. The number of sulfonamides is 1. The summed E-state index contributed by atoms with van der Waals surface area (Å²) in [6, 6.07) is 4.11. The number of nitrogens with two attached hydrogens (primary N) is 1. The molecular formula is C11H14N2O5S. The van der Waals surface area contributed by atoms with Crippen LogP contribution in [0.5, 0.6) is 0 Å². The molecule has 1 unspecified atom stereocenters. The van der Waals surface area contributed by atoms with Crippen LogP contribution < -0.4 is 10.5 Å². The summed E-state index contributed by atoms with van der Waals surface area (Å²) >= 11 is 0. The van der Waals surface area contributed by atoms with Gasteiger partial charge in [0.2, 0.25) is 15.9 Å². The zero-order valence-electron chi connectivity index (χ0n) is 10.2. The van der Waals surface area contributed by atoms with E-state index >= 15 is 0 Å². The second-order valence-corrected chi connectivity index (χ2v) is 5.74. The van der Waals surface area contributed by atoms with Crippen LogP contribution in [0.15, 0.2) is 29.2 Å². The Balaban J connectivity index is 2.88. The van der Waals surface area contributed by atoms with Gasteiger partial charge in [0.15, 0.2) is 0 Å². The quantitative estimate of drug-likeness (QED) is 0.674. The number of amides is 1. The Hall–Kier alpha value is -1.93. The number of carbonyl (C=O) groups is 2. The number of primary amides is 1. The van der Waals surface area contributed by atoms with E-state index < -0.39 is 27.9 Å². The second kappa shape index (κ2) is 5.81. The molecule has 1 aromatic carbocycles. The molecule has 1 rings (SSSR count). The van der Waals surface area contributed by atoms with Gasteiger partial charge in [-0.2, -0.15) is 0 Å². The topological polar surface area (TPSA) is 127 Å². The van der Waals surface area contributed by atoms with Crippen LogP contribution in [0.1, 0.15) is 23.7 Å². The lowest BCUT2D eigenvalue weighted by molar-refractivity contribution is -0.118. The van der Waals surface area contributed by atoms with Crippen molar-refractivity contribution in [2.75, 3.05) is 0 Å². The first-order valence-corrected chi connectivity index (χ1v) is 6.84. The lowest BCUT2D eigenvalue weighted by Crippen LogP contribution is -2.35. The second-order valence-electron chi connectivity index (χ2n) is 4.02. The molecule has 0 spiro atoms. The Morgan fingerprint density at radius 3 is 2.26 bits per heavy atom. The zero-order chi connectivity index (χ0) is 14.6. The third-order valence-electron chi connectivity index (χ3n) is 2.28. The maximum absolute atomic E-state index is 11.9. The number of nitrogens with one attached hydrogen (secondary N) is 1. The molecule has 0 radical (unpaired) electrons. The maximum Gasteiger partial charge on any atom is 0.335 e. The van der Waals surface area contributed by atoms with Crippen LogP contribution in [-0.2, 0) is 14.8 Å². The molecule has 19 heavy (non-hydrogen) atoms. The normalized spacial score (nSPS) is 12.9. The van der Waals surface area contributed by atoms with E-state index in [-0.39, 0.29) is 16.9 Å². The molecule has 0 aliphatic carbocycles. The van der Waals surface area contributed by atoms with Gasteiger partial charge in [0.1, 0.15) is 0 Å². The van der Waals surface area contributed by atoms with Gasteiger partial charge in [0, 0.05) is 12.5 Å². The number of carboxylic acid groups (broad SMARTS) is 1. The number of aromatic carboxylic acids is 1. The standard InChI is InChI=1S/C11H14N2O5S/c1-7(6-10(12)14)13-19(17,18)9-4-2-8(3-5-9)11(15)16/h2-5,7,13H,6H2,1H3,(H2,12,14)(H,15,16). The summed E-state index contributed by atoms with van der Waals surface area (Å²) < 4.78 is 26.1. The first-order valence-electron chi connectivity index (χ1n) is 5.36. The van der Waals surface area contributed by atoms with Gasteiger partial charge in [-0.15, -0.1) is 0 Å². The molecule has 0 bridgehead atoms. The van der Waals surface area contributed by atoms with Crippen LogP contribution in [0.2, 0.25) is 0 Å². The van der Waals surface area contributed by atoms with E-state index in [0.717, 1.165) is 0 Å². The summed E-state index contributed by atoms with van der Waals surface area (Å²) in [5.74, 6) is -1.75. The van der Waals surface area contributed by atoms with Crippen molar-refractivity contribution in [3.63, 3.8) is 0 Å². The zero-order valence-corrected chi connectivity index (χ0v) is 11.0. The van der Waals surface area contributed by atoms with Crippen LogP contribution in [0, 0.1) is 0 Å². The maximum atomic E-state index is 11.9. The number of benzene rings is 1. The fraction of sp³-hybridized carbons (Fsp3) is 0.273. The van der Waals surface area contributed by atoms with Crippen LogP contribution in [0.4, 0.5) is 0 Å². The van der Waals surface area contributed by atoms with Crippen molar-refractivity contribution in [3.05, 3.63) is 29.8 Å². The van der Waals surface area contributed by atoms with E-state index in [4.69, 9.17) is 10.8 Å². The van der Waals surface area contributed by atoms with Gasteiger partial charge in [-0.1, -0.05) is 0 Å². The molecule has 0 saturated carbocycles. The van der Waals surface area contributed by atoms with Gasteiger partial charge < -0.3 is 10.8 Å². The molecule has 0 aliphatic heterocycles. The van der Waals surface area contributed by atoms with Gasteiger partial charge in [-0.3, -0.25) is 4.79 Å². The molecule has 1 aromatic rings. The van der Waals surface area contributed by atoms with Crippen molar-refractivity contribution in [1.29, 1.82) is 0 Å². The SMILES string of the molecule is CC(CC(N)=O)NS(=O)(=O)c1ccc(C(=O)O)cc1. The highest BCUT2D eigenvalue weighted by Crippen LogP contribution is 2.11. The van der Waals surface area contributed by atoms with E-state index in [0.29, 0.717) is 0 Å². The third-order valence-corrected chi connectivity index (χ3v) is 3.88. The van der Waals surface area contributed by atoms with Crippen molar-refractivity contribution in [3.8, 4) is 0 Å². The fourth-order valence-corrected chi connectivity index (χ4v) is 2.70. The van der Waals surface area contributed by atoms with E-state index in [9.17, 15) is 18.0 Å². The van der Waals surface area contributed by atoms with E-state index in [1.165, 1.54) is 31.2 Å². The summed E-state index contributed by atoms with van der Waals surface area (Å²) in [4.78, 5) is 21.2. The third kappa shape index (κ3) is 4.34. The molecule has 4 N–H and O–H groups in total. The number of carboxylic acids is 1. The fourth-order valence-electron chi connectivity index (χ4n) is 1.45. The Morgan fingerprint density at radius 1 is 1.32 bits per heavy atom. The van der Waals surface area contributed by atoms with E-state index in [2.05, 4.69) is 4.72 Å². The predicted octanol–water partition coefficient (Wildman–Crippen LogP) is -0.0730. The lowest BCUT2D eigenvalue weighted by atomic mass is 10.2. The number of hydrogen-bond acceptors (Lipinski definition) is 4. The highest BCUT2D eigenvalue weighted by molar-refractivity contribution is 7.89. The Labute approximate surface area is 110 Å². The molecule has 0 saturated heterocycles. The van der Waals surface area contributed by atoms with Crippen molar-refractivity contribution >= 4 is 21.9 Å². The predicted molar refractivity (Wildman–Crippen MR) is 67.0 cm³/mol. The van der Waals surface area contributed by atoms with Crippen LogP contribution in [0.25, 0.3) is 0 Å². The first kappa shape index (κ1) is 15.1.